The standard InChI is InChI=1S/C16H24O3/c1-4-18-15(17)11-6-5-7-12-19-16-13(2)9-8-10-14(16)3/h8-10H,4-7,11-12H2,1-3H3. The second-order valence-electron chi connectivity index (χ2n) is 4.69. The quantitative estimate of drug-likeness (QED) is 0.529. The molecule has 1 aromatic rings. The maximum atomic E-state index is 11.1. The smallest absolute Gasteiger partial charge is 0.305 e. The van der Waals surface area contributed by atoms with Crippen LogP contribution in [0.2, 0.25) is 0 Å². The van der Waals surface area contributed by atoms with Gasteiger partial charge in [0.1, 0.15) is 5.75 Å². The molecule has 0 saturated carbocycles. The van der Waals surface area contributed by atoms with Crippen molar-refractivity contribution in [2.24, 2.45) is 0 Å². The first-order valence-corrected chi connectivity index (χ1v) is 6.99. The molecule has 0 amide bonds. The Hall–Kier alpha value is -1.51. The number of para-hydroxylation sites is 1. The fourth-order valence-corrected chi connectivity index (χ4v) is 1.98. The molecule has 0 fully saturated rings. The van der Waals surface area contributed by atoms with Crippen LogP contribution < -0.4 is 4.74 Å². The van der Waals surface area contributed by atoms with Crippen molar-refractivity contribution in [3.05, 3.63) is 29.3 Å². The summed E-state index contributed by atoms with van der Waals surface area (Å²) in [7, 11) is 0. The van der Waals surface area contributed by atoms with Gasteiger partial charge < -0.3 is 9.47 Å². The summed E-state index contributed by atoms with van der Waals surface area (Å²) in [6.07, 6.45) is 3.34. The van der Waals surface area contributed by atoms with Gasteiger partial charge in [0, 0.05) is 6.42 Å². The molecule has 19 heavy (non-hydrogen) atoms. The molecule has 0 N–H and O–H groups in total. The number of aryl methyl sites for hydroxylation is 2. The van der Waals surface area contributed by atoms with Crippen LogP contribution in [0.15, 0.2) is 18.2 Å². The predicted molar refractivity (Wildman–Crippen MR) is 76.5 cm³/mol. The molecule has 1 aromatic carbocycles. The number of esters is 1. The average molecular weight is 264 g/mol. The molecule has 0 unspecified atom stereocenters. The molecule has 3 heteroatoms. The lowest BCUT2D eigenvalue weighted by Gasteiger charge is -2.11. The third-order valence-corrected chi connectivity index (χ3v) is 2.99. The van der Waals surface area contributed by atoms with Crippen LogP contribution in [0.5, 0.6) is 5.75 Å². The van der Waals surface area contributed by atoms with Gasteiger partial charge in [-0.3, -0.25) is 4.79 Å². The first-order valence-electron chi connectivity index (χ1n) is 6.99. The summed E-state index contributed by atoms with van der Waals surface area (Å²) in [5.74, 6) is 0.894. The van der Waals surface area contributed by atoms with Crippen LogP contribution in [-0.4, -0.2) is 19.2 Å². The normalized spacial score (nSPS) is 10.3. The fraction of sp³-hybridized carbons (Fsp3) is 0.562. The molecule has 0 aliphatic rings. The van der Waals surface area contributed by atoms with Gasteiger partial charge in [-0.25, -0.2) is 0 Å². The molecule has 0 aromatic heterocycles. The minimum atomic E-state index is -0.0989. The maximum Gasteiger partial charge on any atom is 0.305 e. The van der Waals surface area contributed by atoms with E-state index in [4.69, 9.17) is 9.47 Å². The number of ether oxygens (including phenoxy) is 2. The molecule has 0 saturated heterocycles. The second kappa shape index (κ2) is 8.57. The van der Waals surface area contributed by atoms with Crippen molar-refractivity contribution in [2.45, 2.75) is 46.5 Å². The van der Waals surface area contributed by atoms with Crippen molar-refractivity contribution in [3.63, 3.8) is 0 Å². The Morgan fingerprint density at radius 2 is 1.79 bits per heavy atom. The van der Waals surface area contributed by atoms with Crippen LogP contribution in [0.1, 0.15) is 43.7 Å². The maximum absolute atomic E-state index is 11.1. The summed E-state index contributed by atoms with van der Waals surface area (Å²) in [6, 6.07) is 6.16. The number of benzene rings is 1. The molecule has 1 rings (SSSR count). The molecule has 0 heterocycles. The van der Waals surface area contributed by atoms with Crippen LogP contribution >= 0.6 is 0 Å². The molecule has 0 aliphatic carbocycles. The first kappa shape index (κ1) is 15.5. The number of carbonyl (C=O) groups is 1. The Morgan fingerprint density at radius 3 is 2.42 bits per heavy atom. The predicted octanol–water partition coefficient (Wildman–Crippen LogP) is 3.81. The summed E-state index contributed by atoms with van der Waals surface area (Å²) in [4.78, 5) is 11.1. The fourth-order valence-electron chi connectivity index (χ4n) is 1.98. The van der Waals surface area contributed by atoms with Crippen molar-refractivity contribution in [2.75, 3.05) is 13.2 Å². The highest BCUT2D eigenvalue weighted by Gasteiger charge is 2.03. The highest BCUT2D eigenvalue weighted by atomic mass is 16.5. The zero-order valence-electron chi connectivity index (χ0n) is 12.2. The van der Waals surface area contributed by atoms with E-state index in [-0.39, 0.29) is 5.97 Å². The first-order chi connectivity index (χ1) is 9.15. The third-order valence-electron chi connectivity index (χ3n) is 2.99. The Labute approximate surface area is 115 Å². The minimum absolute atomic E-state index is 0.0989. The highest BCUT2D eigenvalue weighted by molar-refractivity contribution is 5.69. The van der Waals surface area contributed by atoms with E-state index in [9.17, 15) is 4.79 Å². The van der Waals surface area contributed by atoms with Crippen molar-refractivity contribution < 1.29 is 14.3 Å². The van der Waals surface area contributed by atoms with Crippen LogP contribution in [0.25, 0.3) is 0 Å². The van der Waals surface area contributed by atoms with E-state index >= 15 is 0 Å². The molecule has 0 radical (unpaired) electrons. The number of carbonyl (C=O) groups excluding carboxylic acids is 1. The molecular formula is C16H24O3. The van der Waals surface area contributed by atoms with E-state index in [1.54, 1.807) is 0 Å². The number of rotatable bonds is 8. The lowest BCUT2D eigenvalue weighted by Crippen LogP contribution is -2.04. The van der Waals surface area contributed by atoms with Crippen molar-refractivity contribution in [1.29, 1.82) is 0 Å². The minimum Gasteiger partial charge on any atom is -0.493 e. The highest BCUT2D eigenvalue weighted by Crippen LogP contribution is 2.22. The Kier molecular flexibility index (Phi) is 7.01. The van der Waals surface area contributed by atoms with Gasteiger partial charge >= 0.3 is 5.97 Å². The van der Waals surface area contributed by atoms with E-state index in [1.165, 1.54) is 11.1 Å². The van der Waals surface area contributed by atoms with Gasteiger partial charge in [0.2, 0.25) is 0 Å². The van der Waals surface area contributed by atoms with Crippen molar-refractivity contribution in [1.82, 2.24) is 0 Å². The van der Waals surface area contributed by atoms with E-state index in [1.807, 2.05) is 13.0 Å². The van der Waals surface area contributed by atoms with Crippen molar-refractivity contribution >= 4 is 5.97 Å². The van der Waals surface area contributed by atoms with Crippen LogP contribution in [0, 0.1) is 13.8 Å². The molecule has 0 spiro atoms. The Morgan fingerprint density at radius 1 is 1.11 bits per heavy atom. The van der Waals surface area contributed by atoms with Gasteiger partial charge in [-0.15, -0.1) is 0 Å². The van der Waals surface area contributed by atoms with Gasteiger partial charge in [-0.1, -0.05) is 18.2 Å². The Bertz CT molecular complexity index is 379. The third kappa shape index (κ3) is 5.77. The average Bonchev–Trinajstić information content (AvgIpc) is 2.36. The SMILES string of the molecule is CCOC(=O)CCCCCOc1c(C)cccc1C. The van der Waals surface area contributed by atoms with E-state index in [0.717, 1.165) is 25.0 Å². The van der Waals surface area contributed by atoms with Gasteiger partial charge in [0.25, 0.3) is 0 Å². The summed E-state index contributed by atoms with van der Waals surface area (Å²) >= 11 is 0. The molecule has 106 valence electrons. The zero-order chi connectivity index (χ0) is 14.1. The van der Waals surface area contributed by atoms with E-state index in [0.29, 0.717) is 19.6 Å². The van der Waals surface area contributed by atoms with Crippen LogP contribution in [-0.2, 0) is 9.53 Å². The number of hydrogen-bond acceptors (Lipinski definition) is 3. The summed E-state index contributed by atoms with van der Waals surface area (Å²) in [6.45, 7) is 7.12. The lowest BCUT2D eigenvalue weighted by atomic mass is 10.1. The number of hydrogen-bond donors (Lipinski definition) is 0. The Balaban J connectivity index is 2.16. The molecule has 0 bridgehead atoms. The molecular weight excluding hydrogens is 240 g/mol. The summed E-state index contributed by atoms with van der Waals surface area (Å²) in [5.41, 5.74) is 2.35. The topological polar surface area (TPSA) is 35.5 Å². The second-order valence-corrected chi connectivity index (χ2v) is 4.69. The van der Waals surface area contributed by atoms with Crippen molar-refractivity contribution in [3.8, 4) is 5.75 Å². The van der Waals surface area contributed by atoms with Crippen LogP contribution in [0.4, 0.5) is 0 Å². The monoisotopic (exact) mass is 264 g/mol. The van der Waals surface area contributed by atoms with E-state index < -0.39 is 0 Å². The zero-order valence-corrected chi connectivity index (χ0v) is 12.2. The van der Waals surface area contributed by atoms with Gasteiger partial charge in [-0.2, -0.15) is 0 Å². The van der Waals surface area contributed by atoms with Gasteiger partial charge in [0.15, 0.2) is 0 Å². The largest absolute Gasteiger partial charge is 0.493 e. The van der Waals surface area contributed by atoms with Crippen LogP contribution in [0.3, 0.4) is 0 Å². The van der Waals surface area contributed by atoms with Gasteiger partial charge in [0.05, 0.1) is 13.2 Å². The lowest BCUT2D eigenvalue weighted by molar-refractivity contribution is -0.143. The number of unbranched alkanes of at least 4 members (excludes halogenated alkanes) is 2. The van der Waals surface area contributed by atoms with Gasteiger partial charge in [-0.05, 0) is 51.2 Å². The summed E-state index contributed by atoms with van der Waals surface area (Å²) < 4.78 is 10.7. The molecule has 3 nitrogen and oxygen atoms in total. The molecule has 0 aliphatic heterocycles. The van der Waals surface area contributed by atoms with E-state index in [2.05, 4.69) is 26.0 Å². The molecule has 0 atom stereocenters. The summed E-state index contributed by atoms with van der Waals surface area (Å²) in [5, 5.41) is 0.